The van der Waals surface area contributed by atoms with Gasteiger partial charge in [0.1, 0.15) is 4.21 Å². The third-order valence-electron chi connectivity index (χ3n) is 3.56. The zero-order valence-electron chi connectivity index (χ0n) is 12.7. The van der Waals surface area contributed by atoms with Gasteiger partial charge in [-0.3, -0.25) is 0 Å². The third kappa shape index (κ3) is 3.62. The van der Waals surface area contributed by atoms with Crippen LogP contribution in [0.25, 0.3) is 0 Å². The molecule has 1 saturated heterocycles. The van der Waals surface area contributed by atoms with Crippen LogP contribution in [0.3, 0.4) is 0 Å². The van der Waals surface area contributed by atoms with Crippen LogP contribution in [0.4, 0.5) is 5.95 Å². The number of sulfonamides is 1. The molecule has 0 saturated carbocycles. The number of nitrogens with one attached hydrogen (secondary N) is 1. The molecule has 1 N–H and O–H groups in total. The minimum atomic E-state index is -3.34. The molecule has 1 aliphatic heterocycles. The topological polar surface area (TPSA) is 84.4 Å². The molecule has 3 heterocycles. The number of hydrogen-bond donors (Lipinski definition) is 1. The average Bonchev–Trinajstić information content (AvgIpc) is 3.25. The highest BCUT2D eigenvalue weighted by molar-refractivity contribution is 7.91. The molecule has 0 aliphatic carbocycles. The summed E-state index contributed by atoms with van der Waals surface area (Å²) in [7, 11) is -1.80. The van der Waals surface area contributed by atoms with Crippen molar-refractivity contribution in [2.24, 2.45) is 0 Å². The number of ether oxygens (including phenoxy) is 1. The maximum atomic E-state index is 12.5. The molecular formula is C14H18N4O3S2. The molecule has 1 fully saturated rings. The average molecular weight is 354 g/mol. The van der Waals surface area contributed by atoms with Crippen LogP contribution in [0.2, 0.25) is 0 Å². The zero-order valence-corrected chi connectivity index (χ0v) is 14.4. The van der Waals surface area contributed by atoms with Crippen molar-refractivity contribution in [1.82, 2.24) is 14.3 Å². The summed E-state index contributed by atoms with van der Waals surface area (Å²) in [6.45, 7) is 1.70. The highest BCUT2D eigenvalue weighted by atomic mass is 32.2. The van der Waals surface area contributed by atoms with Crippen LogP contribution in [0.15, 0.2) is 28.6 Å². The Kier molecular flexibility index (Phi) is 4.79. The van der Waals surface area contributed by atoms with Crippen molar-refractivity contribution < 1.29 is 13.2 Å². The van der Waals surface area contributed by atoms with E-state index >= 15 is 0 Å². The second-order valence-electron chi connectivity index (χ2n) is 5.11. The molecule has 124 valence electrons. The monoisotopic (exact) mass is 354 g/mol. The highest BCUT2D eigenvalue weighted by Crippen LogP contribution is 2.27. The van der Waals surface area contributed by atoms with Crippen molar-refractivity contribution in [2.45, 2.75) is 23.6 Å². The largest absolute Gasteiger partial charge is 0.481 e. The molecule has 0 spiro atoms. The fraction of sp³-hybridized carbons (Fsp3) is 0.429. The number of hydrogen-bond acceptors (Lipinski definition) is 7. The van der Waals surface area contributed by atoms with Crippen LogP contribution >= 0.6 is 11.3 Å². The van der Waals surface area contributed by atoms with E-state index in [4.69, 9.17) is 4.74 Å². The Morgan fingerprint density at radius 3 is 2.83 bits per heavy atom. The molecule has 9 heteroatoms. The van der Waals surface area contributed by atoms with E-state index in [1.807, 2.05) is 6.07 Å². The first-order chi connectivity index (χ1) is 11.1. The summed E-state index contributed by atoms with van der Waals surface area (Å²) in [5, 5.41) is 3.07. The zero-order chi connectivity index (χ0) is 16.3. The van der Waals surface area contributed by atoms with Gasteiger partial charge in [0.15, 0.2) is 0 Å². The van der Waals surface area contributed by atoms with Gasteiger partial charge in [-0.15, -0.1) is 11.3 Å². The van der Waals surface area contributed by atoms with Gasteiger partial charge in [0.25, 0.3) is 10.0 Å². The lowest BCUT2D eigenvalue weighted by atomic mass is 10.4. The summed E-state index contributed by atoms with van der Waals surface area (Å²) in [5.41, 5.74) is 0. The Balaban J connectivity index is 1.67. The second-order valence-corrected chi connectivity index (χ2v) is 8.44. The maximum Gasteiger partial charge on any atom is 0.252 e. The number of aromatic nitrogens is 2. The number of anilines is 1. The lowest BCUT2D eigenvalue weighted by Crippen LogP contribution is -2.27. The van der Waals surface area contributed by atoms with Gasteiger partial charge in [-0.2, -0.15) is 9.29 Å². The minimum Gasteiger partial charge on any atom is -0.481 e. The Labute approximate surface area is 139 Å². The molecule has 7 nitrogen and oxygen atoms in total. The molecule has 23 heavy (non-hydrogen) atoms. The standard InChI is InChI=1S/C14H18N4O3S2/c1-21-12-6-7-15-14(17-12)16-10-11-4-5-13(22-11)23(19,20)18-8-2-3-9-18/h4-7H,2-3,8-10H2,1H3,(H,15,16,17). The number of rotatable bonds is 6. The van der Waals surface area contributed by atoms with Crippen molar-refractivity contribution >= 4 is 27.3 Å². The Morgan fingerprint density at radius 1 is 1.30 bits per heavy atom. The first-order valence-electron chi connectivity index (χ1n) is 7.29. The molecule has 0 aromatic carbocycles. The van der Waals surface area contributed by atoms with Crippen LogP contribution in [-0.2, 0) is 16.6 Å². The van der Waals surface area contributed by atoms with Crippen molar-refractivity contribution in [3.05, 3.63) is 29.3 Å². The van der Waals surface area contributed by atoms with E-state index in [2.05, 4.69) is 15.3 Å². The highest BCUT2D eigenvalue weighted by Gasteiger charge is 2.28. The molecule has 1 aliphatic rings. The Morgan fingerprint density at radius 2 is 2.09 bits per heavy atom. The summed E-state index contributed by atoms with van der Waals surface area (Å²) in [6.07, 6.45) is 3.48. The Hall–Kier alpha value is -1.71. The summed E-state index contributed by atoms with van der Waals surface area (Å²) in [4.78, 5) is 9.17. The number of methoxy groups -OCH3 is 1. The molecule has 2 aromatic heterocycles. The first kappa shape index (κ1) is 16.2. The van der Waals surface area contributed by atoms with Crippen LogP contribution in [0, 0.1) is 0 Å². The summed E-state index contributed by atoms with van der Waals surface area (Å²) in [5.74, 6) is 0.924. The minimum absolute atomic E-state index is 0.391. The van der Waals surface area contributed by atoms with Gasteiger partial charge < -0.3 is 10.1 Å². The fourth-order valence-corrected chi connectivity index (χ4v) is 5.32. The second kappa shape index (κ2) is 6.81. The van der Waals surface area contributed by atoms with E-state index < -0.39 is 10.0 Å². The third-order valence-corrected chi connectivity index (χ3v) is 7.01. The molecule has 2 aromatic rings. The van der Waals surface area contributed by atoms with E-state index in [0.717, 1.165) is 17.7 Å². The Bertz CT molecular complexity index is 770. The van der Waals surface area contributed by atoms with Gasteiger partial charge in [-0.1, -0.05) is 0 Å². The van der Waals surface area contributed by atoms with Crippen LogP contribution in [0.1, 0.15) is 17.7 Å². The summed E-state index contributed by atoms with van der Waals surface area (Å²) in [6, 6.07) is 5.15. The van der Waals surface area contributed by atoms with Crippen molar-refractivity contribution in [1.29, 1.82) is 0 Å². The quantitative estimate of drug-likeness (QED) is 0.853. The van der Waals surface area contributed by atoms with Crippen LogP contribution in [-0.4, -0.2) is 42.9 Å². The predicted molar refractivity (Wildman–Crippen MR) is 88.2 cm³/mol. The number of nitrogens with zero attached hydrogens (tertiary/aromatic N) is 3. The van der Waals surface area contributed by atoms with Crippen LogP contribution < -0.4 is 10.1 Å². The lowest BCUT2D eigenvalue weighted by Gasteiger charge is -2.13. The molecular weight excluding hydrogens is 336 g/mol. The van der Waals surface area contributed by atoms with E-state index in [0.29, 0.717) is 35.7 Å². The van der Waals surface area contributed by atoms with Gasteiger partial charge in [0.2, 0.25) is 11.8 Å². The van der Waals surface area contributed by atoms with Crippen molar-refractivity contribution in [2.75, 3.05) is 25.5 Å². The summed E-state index contributed by atoms with van der Waals surface area (Å²) < 4.78 is 31.9. The fourth-order valence-electron chi connectivity index (χ4n) is 2.35. The van der Waals surface area contributed by atoms with E-state index in [1.54, 1.807) is 29.7 Å². The van der Waals surface area contributed by atoms with Gasteiger partial charge in [0, 0.05) is 30.2 Å². The van der Waals surface area contributed by atoms with Gasteiger partial charge in [-0.25, -0.2) is 13.4 Å². The first-order valence-corrected chi connectivity index (χ1v) is 9.55. The molecule has 0 bridgehead atoms. The normalized spacial score (nSPS) is 15.7. The molecule has 0 atom stereocenters. The van der Waals surface area contributed by atoms with Crippen molar-refractivity contribution in [3.8, 4) is 5.88 Å². The lowest BCUT2D eigenvalue weighted by molar-refractivity contribution is 0.397. The van der Waals surface area contributed by atoms with Crippen molar-refractivity contribution in [3.63, 3.8) is 0 Å². The van der Waals surface area contributed by atoms with Gasteiger partial charge in [0.05, 0.1) is 13.7 Å². The van der Waals surface area contributed by atoms with Crippen LogP contribution in [0.5, 0.6) is 5.88 Å². The molecule has 0 amide bonds. The predicted octanol–water partition coefficient (Wildman–Crippen LogP) is 1.94. The maximum absolute atomic E-state index is 12.5. The van der Waals surface area contributed by atoms with E-state index in [1.165, 1.54) is 11.3 Å². The van der Waals surface area contributed by atoms with E-state index in [9.17, 15) is 8.42 Å². The van der Waals surface area contributed by atoms with E-state index in [-0.39, 0.29) is 0 Å². The molecule has 0 radical (unpaired) electrons. The van der Waals surface area contributed by atoms with Gasteiger partial charge in [-0.05, 0) is 25.0 Å². The van der Waals surface area contributed by atoms with Gasteiger partial charge >= 0.3 is 0 Å². The molecule has 0 unspecified atom stereocenters. The summed E-state index contributed by atoms with van der Waals surface area (Å²) >= 11 is 1.28. The number of thiophene rings is 1. The molecule has 3 rings (SSSR count). The SMILES string of the molecule is COc1ccnc(NCc2ccc(S(=O)(=O)N3CCCC3)s2)n1. The smallest absolute Gasteiger partial charge is 0.252 e.